The van der Waals surface area contributed by atoms with Gasteiger partial charge in [-0.3, -0.25) is 4.79 Å². The van der Waals surface area contributed by atoms with Gasteiger partial charge in [-0.15, -0.1) is 0 Å². The molecule has 1 spiro atoms. The van der Waals surface area contributed by atoms with Crippen molar-refractivity contribution in [3.63, 3.8) is 0 Å². The first-order valence-electron chi connectivity index (χ1n) is 13.9. The van der Waals surface area contributed by atoms with Gasteiger partial charge >= 0.3 is 0 Å². The van der Waals surface area contributed by atoms with Crippen LogP contribution < -0.4 is 9.64 Å². The van der Waals surface area contributed by atoms with Crippen LogP contribution in [-0.2, 0) is 22.2 Å². The van der Waals surface area contributed by atoms with Crippen molar-refractivity contribution in [1.29, 1.82) is 0 Å². The van der Waals surface area contributed by atoms with E-state index in [1.54, 1.807) is 18.0 Å². The van der Waals surface area contributed by atoms with Crippen molar-refractivity contribution < 1.29 is 19.7 Å². The second-order valence-corrected chi connectivity index (χ2v) is 11.7. The third-order valence-corrected chi connectivity index (χ3v) is 8.79. The zero-order valence-corrected chi connectivity index (χ0v) is 23.1. The number of hydrogen-bond acceptors (Lipinski definition) is 5. The van der Waals surface area contributed by atoms with Crippen LogP contribution in [0.1, 0.15) is 61.6 Å². The molecule has 0 radical (unpaired) electrons. The van der Waals surface area contributed by atoms with Crippen LogP contribution in [0.4, 0.5) is 5.69 Å². The molecule has 2 heterocycles. The third-order valence-electron chi connectivity index (χ3n) is 8.55. The zero-order valence-electron chi connectivity index (χ0n) is 22.3. The smallest absolute Gasteiger partial charge is 0.225 e. The van der Waals surface area contributed by atoms with Crippen molar-refractivity contribution in [3.8, 4) is 5.75 Å². The Morgan fingerprint density at radius 3 is 2.74 bits per heavy atom. The molecule has 1 aliphatic carbocycles. The Morgan fingerprint density at radius 2 is 1.89 bits per heavy atom. The predicted octanol–water partition coefficient (Wildman–Crippen LogP) is 4.97. The number of ether oxygens (including phenoxy) is 1. The molecule has 0 aromatic heterocycles. The fourth-order valence-electron chi connectivity index (χ4n) is 6.27. The largest absolute Gasteiger partial charge is 0.490 e. The molecule has 204 valence electrons. The number of fused-ring (bicyclic) bond motifs is 3. The van der Waals surface area contributed by atoms with Crippen LogP contribution in [0, 0.1) is 0 Å². The molecule has 2 aliphatic heterocycles. The predicted molar refractivity (Wildman–Crippen MR) is 151 cm³/mol. The van der Waals surface area contributed by atoms with E-state index in [1.165, 1.54) is 11.1 Å². The molecule has 2 bridgehead atoms. The van der Waals surface area contributed by atoms with E-state index in [0.29, 0.717) is 18.7 Å². The van der Waals surface area contributed by atoms with Crippen molar-refractivity contribution in [1.82, 2.24) is 4.90 Å². The average molecular weight is 539 g/mol. The van der Waals surface area contributed by atoms with Crippen LogP contribution in [0.15, 0.2) is 48.6 Å². The lowest BCUT2D eigenvalue weighted by molar-refractivity contribution is -0.137. The van der Waals surface area contributed by atoms with Gasteiger partial charge in [-0.2, -0.15) is 0 Å². The Balaban J connectivity index is 1.55. The first kappa shape index (κ1) is 27.0. The van der Waals surface area contributed by atoms with Gasteiger partial charge in [-0.25, -0.2) is 0 Å². The maximum atomic E-state index is 13.0. The summed E-state index contributed by atoms with van der Waals surface area (Å²) < 4.78 is 6.53. The second kappa shape index (κ2) is 11.3. The Kier molecular flexibility index (Phi) is 8.03. The number of carbonyl (C=O) groups is 1. The average Bonchev–Trinajstić information content (AvgIpc) is 3.06. The number of amides is 1. The topological polar surface area (TPSA) is 73.2 Å². The lowest BCUT2D eigenvalue weighted by Gasteiger charge is -2.41. The van der Waals surface area contributed by atoms with Crippen molar-refractivity contribution in [2.45, 2.75) is 62.4 Å². The van der Waals surface area contributed by atoms with Gasteiger partial charge in [0, 0.05) is 37.1 Å². The molecule has 0 fully saturated rings. The molecule has 38 heavy (non-hydrogen) atoms. The number of hydrogen-bond donors (Lipinski definition) is 2. The minimum atomic E-state index is -1.67. The molecule has 2 N–H and O–H groups in total. The number of nitrogens with zero attached hydrogens (tertiary/aromatic N) is 2. The molecule has 5 rings (SSSR count). The van der Waals surface area contributed by atoms with Gasteiger partial charge in [-0.05, 0) is 85.9 Å². The summed E-state index contributed by atoms with van der Waals surface area (Å²) in [4.78, 5) is 17.0. The van der Waals surface area contributed by atoms with Gasteiger partial charge in [0.05, 0.1) is 25.3 Å². The molecule has 0 saturated carbocycles. The van der Waals surface area contributed by atoms with Gasteiger partial charge in [-0.1, -0.05) is 35.9 Å². The van der Waals surface area contributed by atoms with Crippen LogP contribution in [0.3, 0.4) is 0 Å². The van der Waals surface area contributed by atoms with E-state index >= 15 is 0 Å². The Bertz CT molecular complexity index is 1200. The number of aliphatic hydroxyl groups excluding tert-OH is 1. The molecular weight excluding hydrogens is 500 g/mol. The normalized spacial score (nSPS) is 27.4. The molecule has 2 atom stereocenters. The number of carbonyl (C=O) groups excluding carboxylic acids is 1. The number of rotatable bonds is 1. The molecule has 2 aromatic carbocycles. The number of anilines is 1. The molecule has 2 aromatic rings. The lowest BCUT2D eigenvalue weighted by atomic mass is 9.70. The summed E-state index contributed by atoms with van der Waals surface area (Å²) in [5.74, 6) is 0.581. The lowest BCUT2D eigenvalue weighted by Crippen LogP contribution is -2.46. The van der Waals surface area contributed by atoms with E-state index in [1.807, 2.05) is 18.2 Å². The van der Waals surface area contributed by atoms with Gasteiger partial charge in [0.2, 0.25) is 5.91 Å². The van der Waals surface area contributed by atoms with Gasteiger partial charge in [0.25, 0.3) is 0 Å². The number of aliphatic hydroxyl groups is 2. The summed E-state index contributed by atoms with van der Waals surface area (Å²) in [6.07, 6.45) is 11.2. The van der Waals surface area contributed by atoms with E-state index in [0.717, 1.165) is 74.5 Å². The standard InChI is InChI=1S/C31H39ClN2O4/c1-33-15-6-4-2-3-5-7-16-34-20-30(14-8-9-23-17-25(32)11-12-26(23)30)22-38-28-13-10-24(18-27(28)34)31(37,21-35)19-29(33)36/h2,4,10-13,17-18,35,37H,3,5-9,14-16,19-22H2,1H3/b4-2-/t30-,31-/m0/s1. The number of aryl methyl sites for hydroxylation is 1. The first-order chi connectivity index (χ1) is 18.3. The summed E-state index contributed by atoms with van der Waals surface area (Å²) in [5.41, 5.74) is 2.23. The quantitative estimate of drug-likeness (QED) is 0.501. The number of benzene rings is 2. The maximum Gasteiger partial charge on any atom is 0.225 e. The minimum Gasteiger partial charge on any atom is -0.490 e. The Hall–Kier alpha value is -2.54. The highest BCUT2D eigenvalue weighted by molar-refractivity contribution is 6.30. The third kappa shape index (κ3) is 5.45. The summed E-state index contributed by atoms with van der Waals surface area (Å²) in [7, 11) is 1.75. The second-order valence-electron chi connectivity index (χ2n) is 11.3. The zero-order chi connectivity index (χ0) is 26.8. The fourth-order valence-corrected chi connectivity index (χ4v) is 6.46. The van der Waals surface area contributed by atoms with Crippen molar-refractivity contribution >= 4 is 23.2 Å². The van der Waals surface area contributed by atoms with E-state index in [9.17, 15) is 15.0 Å². The van der Waals surface area contributed by atoms with E-state index in [2.05, 4.69) is 29.2 Å². The molecule has 3 aliphatic rings. The highest BCUT2D eigenvalue weighted by Crippen LogP contribution is 2.45. The minimum absolute atomic E-state index is 0.163. The van der Waals surface area contributed by atoms with Crippen molar-refractivity contribution in [3.05, 3.63) is 70.3 Å². The van der Waals surface area contributed by atoms with E-state index in [4.69, 9.17) is 16.3 Å². The fraction of sp³-hybridized carbons (Fsp3) is 0.516. The summed E-state index contributed by atoms with van der Waals surface area (Å²) in [6, 6.07) is 11.9. The van der Waals surface area contributed by atoms with Gasteiger partial charge < -0.3 is 24.7 Å². The first-order valence-corrected chi connectivity index (χ1v) is 14.2. The van der Waals surface area contributed by atoms with Crippen molar-refractivity contribution in [2.75, 3.05) is 44.8 Å². The molecular formula is C31H39ClN2O4. The molecule has 0 saturated heterocycles. The van der Waals surface area contributed by atoms with E-state index in [-0.39, 0.29) is 17.7 Å². The highest BCUT2D eigenvalue weighted by atomic mass is 35.5. The summed E-state index contributed by atoms with van der Waals surface area (Å²) in [6.45, 7) is 2.27. The molecule has 1 amide bonds. The monoisotopic (exact) mass is 538 g/mol. The van der Waals surface area contributed by atoms with Crippen molar-refractivity contribution in [2.24, 2.45) is 0 Å². The SMILES string of the molecule is CN1CC/C=C\CCCCN2C[C@@]3(CCCc4cc(Cl)ccc43)COc3ccc(cc32)[C@@](O)(CO)CC1=O. The highest BCUT2D eigenvalue weighted by Gasteiger charge is 2.42. The molecule has 0 unspecified atom stereocenters. The van der Waals surface area contributed by atoms with Crippen LogP contribution in [-0.4, -0.2) is 60.9 Å². The number of allylic oxidation sites excluding steroid dienone is 1. The van der Waals surface area contributed by atoms with Crippen LogP contribution in [0.2, 0.25) is 5.02 Å². The Morgan fingerprint density at radius 1 is 1.05 bits per heavy atom. The summed E-state index contributed by atoms with van der Waals surface area (Å²) >= 11 is 6.36. The molecule has 7 heteroatoms. The van der Waals surface area contributed by atoms with Gasteiger partial charge in [0.1, 0.15) is 11.4 Å². The number of halogens is 1. The molecule has 6 nitrogen and oxygen atoms in total. The Labute approximate surface area is 230 Å². The van der Waals surface area contributed by atoms with Crippen LogP contribution in [0.25, 0.3) is 0 Å². The maximum absolute atomic E-state index is 13.0. The van der Waals surface area contributed by atoms with Crippen LogP contribution >= 0.6 is 11.6 Å². The summed E-state index contributed by atoms with van der Waals surface area (Å²) in [5, 5.41) is 22.5. The van der Waals surface area contributed by atoms with E-state index < -0.39 is 12.2 Å². The van der Waals surface area contributed by atoms with Gasteiger partial charge in [0.15, 0.2) is 0 Å². The van der Waals surface area contributed by atoms with Crippen LogP contribution in [0.5, 0.6) is 5.75 Å².